The van der Waals surface area contributed by atoms with E-state index in [9.17, 15) is 19.7 Å². The summed E-state index contributed by atoms with van der Waals surface area (Å²) >= 11 is 0. The van der Waals surface area contributed by atoms with Crippen LogP contribution >= 0.6 is 0 Å². The number of piperidine rings is 1. The molecule has 3 saturated heterocycles. The smallest absolute Gasteiger partial charge is 0.487 e. The third-order valence-corrected chi connectivity index (χ3v) is 9.09. The molecule has 8 heteroatoms. The molecule has 1 aliphatic carbocycles. The first kappa shape index (κ1) is 25.3. The summed E-state index contributed by atoms with van der Waals surface area (Å²) < 4.78 is 6.01. The summed E-state index contributed by atoms with van der Waals surface area (Å²) in [7, 11) is -1.12. The second-order valence-corrected chi connectivity index (χ2v) is 11.2. The highest BCUT2D eigenvalue weighted by atomic mass is 16.5. The first-order valence-electron chi connectivity index (χ1n) is 13.9. The number of imide groups is 1. The van der Waals surface area contributed by atoms with Crippen molar-refractivity contribution in [2.45, 2.75) is 57.7 Å². The number of likely N-dealkylation sites (tertiary alicyclic amines) is 2. The Morgan fingerprint density at radius 1 is 1.00 bits per heavy atom. The Morgan fingerprint density at radius 2 is 1.76 bits per heavy atom. The fraction of sp³-hybridized carbons (Fsp3) is 0.467. The van der Waals surface area contributed by atoms with Crippen molar-refractivity contribution in [1.82, 2.24) is 9.80 Å². The van der Waals surface area contributed by atoms with E-state index in [4.69, 9.17) is 4.65 Å². The second kappa shape index (κ2) is 10.3. The van der Waals surface area contributed by atoms with Crippen molar-refractivity contribution in [2.24, 2.45) is 17.8 Å². The van der Waals surface area contributed by atoms with Gasteiger partial charge < -0.3 is 14.8 Å². The third kappa shape index (κ3) is 4.48. The zero-order valence-corrected chi connectivity index (χ0v) is 21.8. The number of fused-ring (bicyclic) bond motifs is 3. The van der Waals surface area contributed by atoms with Gasteiger partial charge in [0.25, 0.3) is 0 Å². The van der Waals surface area contributed by atoms with Crippen molar-refractivity contribution in [2.75, 3.05) is 13.1 Å². The molecule has 0 radical (unpaired) electrons. The Hall–Kier alpha value is -2.94. The number of rotatable bonds is 5. The number of phenolic OH excluding ortho intramolecular Hbond substituents is 1. The van der Waals surface area contributed by atoms with E-state index in [1.165, 1.54) is 5.56 Å². The van der Waals surface area contributed by atoms with Crippen LogP contribution in [0.25, 0.3) is 0 Å². The van der Waals surface area contributed by atoms with Crippen LogP contribution in [-0.2, 0) is 20.8 Å². The number of carbonyl (C=O) groups excluding carboxylic acids is 2. The maximum absolute atomic E-state index is 14.0. The molecular formula is C30H35BN2O5. The van der Waals surface area contributed by atoms with Crippen LogP contribution in [0.3, 0.4) is 0 Å². The highest BCUT2D eigenvalue weighted by Crippen LogP contribution is 2.52. The highest BCUT2D eigenvalue weighted by Gasteiger charge is 2.58. The molecule has 0 unspecified atom stereocenters. The molecule has 0 saturated carbocycles. The first-order valence-corrected chi connectivity index (χ1v) is 13.9. The molecule has 198 valence electrons. The fourth-order valence-electron chi connectivity index (χ4n) is 7.25. The van der Waals surface area contributed by atoms with Crippen LogP contribution in [-0.4, -0.2) is 58.0 Å². The van der Waals surface area contributed by atoms with Gasteiger partial charge in [0, 0.05) is 25.7 Å². The number of allylic oxidation sites excluding steroid dienone is 2. The number of carbonyl (C=O) groups is 2. The van der Waals surface area contributed by atoms with Crippen molar-refractivity contribution in [3.8, 4) is 5.75 Å². The van der Waals surface area contributed by atoms with Gasteiger partial charge in [0.05, 0.1) is 17.9 Å². The average molecular weight is 514 g/mol. The Morgan fingerprint density at radius 3 is 2.47 bits per heavy atom. The fourth-order valence-corrected chi connectivity index (χ4v) is 7.25. The zero-order chi connectivity index (χ0) is 26.4. The molecule has 7 nitrogen and oxygen atoms in total. The van der Waals surface area contributed by atoms with Crippen LogP contribution < -0.4 is 0 Å². The van der Waals surface area contributed by atoms with Gasteiger partial charge in [0.2, 0.25) is 11.8 Å². The lowest BCUT2D eigenvalue weighted by Crippen LogP contribution is -2.48. The standard InChI is InChI=1S/C30H35BN2O5/c1-2-20-16-25-27(24-17-26(38-31(37)28(20)24)21-9-6-10-23(34)15-21)30(36)33(29(25)35)22-11-13-32(14-12-22)18-19-7-4-3-5-8-19/h3-10,15,22,24-27,34,37H,2,11-14,16-18H2,1H3/t24-,25-,26-,27+/m0/s1. The minimum absolute atomic E-state index is 0.0404. The number of amides is 2. The van der Waals surface area contributed by atoms with E-state index in [-0.39, 0.29) is 35.4 Å². The SMILES string of the molecule is CCC1=C2B(O)O[C@H](c3cccc(O)c3)C[C@H]2[C@H]2C(=O)N(C3CCN(Cc4ccccc4)CC3)C(=O)[C@H]2C1. The van der Waals surface area contributed by atoms with Crippen LogP contribution in [0.5, 0.6) is 5.75 Å². The molecule has 6 rings (SSSR count). The normalized spacial score (nSPS) is 28.6. The molecule has 3 aliphatic heterocycles. The van der Waals surface area contributed by atoms with E-state index in [2.05, 4.69) is 29.2 Å². The van der Waals surface area contributed by atoms with Crippen LogP contribution in [0.4, 0.5) is 0 Å². The van der Waals surface area contributed by atoms with Gasteiger partial charge >= 0.3 is 7.12 Å². The molecule has 2 aromatic rings. The molecule has 3 heterocycles. The Labute approximate surface area is 224 Å². The molecule has 0 bridgehead atoms. The third-order valence-electron chi connectivity index (χ3n) is 9.09. The van der Waals surface area contributed by atoms with E-state index < -0.39 is 19.1 Å². The lowest BCUT2D eigenvalue weighted by atomic mass is 9.55. The van der Waals surface area contributed by atoms with Gasteiger partial charge in [-0.1, -0.05) is 55.0 Å². The molecular weight excluding hydrogens is 479 g/mol. The molecule has 3 fully saturated rings. The molecule has 2 amide bonds. The molecule has 0 aromatic heterocycles. The van der Waals surface area contributed by atoms with Crippen molar-refractivity contribution in [3.05, 3.63) is 76.8 Å². The lowest BCUT2D eigenvalue weighted by molar-refractivity contribution is -0.144. The quantitative estimate of drug-likeness (QED) is 0.465. The topological polar surface area (TPSA) is 90.3 Å². The summed E-state index contributed by atoms with van der Waals surface area (Å²) in [6.45, 7) is 4.62. The van der Waals surface area contributed by atoms with Gasteiger partial charge in [0.15, 0.2) is 0 Å². The zero-order valence-electron chi connectivity index (χ0n) is 21.8. The van der Waals surface area contributed by atoms with Gasteiger partial charge in [-0.15, -0.1) is 0 Å². The summed E-state index contributed by atoms with van der Waals surface area (Å²) in [5.41, 5.74) is 3.88. The number of phenols is 1. The summed E-state index contributed by atoms with van der Waals surface area (Å²) in [5, 5.41) is 21.1. The Bertz CT molecular complexity index is 1240. The van der Waals surface area contributed by atoms with E-state index in [0.29, 0.717) is 19.3 Å². The van der Waals surface area contributed by atoms with Gasteiger partial charge in [-0.25, -0.2) is 0 Å². The predicted octanol–water partition coefficient (Wildman–Crippen LogP) is 3.87. The number of benzene rings is 2. The van der Waals surface area contributed by atoms with Crippen LogP contribution in [0.2, 0.25) is 0 Å². The van der Waals surface area contributed by atoms with Crippen LogP contribution in [0.15, 0.2) is 65.6 Å². The molecule has 0 spiro atoms. The lowest BCUT2D eigenvalue weighted by Gasteiger charge is -2.42. The summed E-state index contributed by atoms with van der Waals surface area (Å²) in [4.78, 5) is 31.8. The minimum Gasteiger partial charge on any atom is -0.508 e. The minimum atomic E-state index is -1.12. The number of hydrogen-bond donors (Lipinski definition) is 2. The summed E-state index contributed by atoms with van der Waals surface area (Å²) in [6, 6.07) is 17.2. The van der Waals surface area contributed by atoms with Crippen LogP contribution in [0, 0.1) is 17.8 Å². The van der Waals surface area contributed by atoms with E-state index >= 15 is 0 Å². The van der Waals surface area contributed by atoms with E-state index in [1.54, 1.807) is 23.1 Å². The van der Waals surface area contributed by atoms with E-state index in [0.717, 1.165) is 49.1 Å². The molecule has 4 atom stereocenters. The van der Waals surface area contributed by atoms with Gasteiger partial charge in [-0.05, 0) is 66.8 Å². The van der Waals surface area contributed by atoms with Gasteiger partial charge in [-0.2, -0.15) is 0 Å². The Balaban J connectivity index is 1.22. The van der Waals surface area contributed by atoms with Crippen molar-refractivity contribution in [1.29, 1.82) is 0 Å². The van der Waals surface area contributed by atoms with E-state index in [1.807, 2.05) is 19.1 Å². The number of aromatic hydroxyl groups is 1. The Kier molecular flexibility index (Phi) is 6.89. The molecule has 4 aliphatic rings. The molecule has 2 N–H and O–H groups in total. The predicted molar refractivity (Wildman–Crippen MR) is 144 cm³/mol. The van der Waals surface area contributed by atoms with Crippen LogP contribution in [0.1, 0.15) is 56.3 Å². The second-order valence-electron chi connectivity index (χ2n) is 11.2. The first-order chi connectivity index (χ1) is 18.4. The van der Waals surface area contributed by atoms with Gasteiger partial charge in [0.1, 0.15) is 5.75 Å². The molecule has 2 aromatic carbocycles. The maximum atomic E-state index is 14.0. The highest BCUT2D eigenvalue weighted by molar-refractivity contribution is 6.53. The van der Waals surface area contributed by atoms with Gasteiger partial charge in [-0.3, -0.25) is 19.4 Å². The summed E-state index contributed by atoms with van der Waals surface area (Å²) in [6.07, 6.45) is 2.84. The maximum Gasteiger partial charge on any atom is 0.487 e. The number of nitrogens with zero attached hydrogens (tertiary/aromatic N) is 2. The van der Waals surface area contributed by atoms with Crippen molar-refractivity contribution >= 4 is 18.9 Å². The summed E-state index contributed by atoms with van der Waals surface area (Å²) in [5.74, 6) is -1.07. The average Bonchev–Trinajstić information content (AvgIpc) is 3.18. The van der Waals surface area contributed by atoms with Crippen molar-refractivity contribution < 1.29 is 24.4 Å². The number of hydrogen-bond acceptors (Lipinski definition) is 6. The van der Waals surface area contributed by atoms with Crippen molar-refractivity contribution in [3.63, 3.8) is 0 Å². The molecule has 38 heavy (non-hydrogen) atoms. The monoisotopic (exact) mass is 514 g/mol. The largest absolute Gasteiger partial charge is 0.508 e.